The molecule has 0 aromatic rings. The molecule has 20 heavy (non-hydrogen) atoms. The summed E-state index contributed by atoms with van der Waals surface area (Å²) in [7, 11) is 1.66. The van der Waals surface area contributed by atoms with E-state index in [1.165, 1.54) is 17.7 Å². The molecule has 1 rings (SSSR count). The molecule has 0 saturated heterocycles. The highest BCUT2D eigenvalue weighted by molar-refractivity contribution is 5.87. The van der Waals surface area contributed by atoms with Gasteiger partial charge in [-0.15, -0.1) is 0 Å². The maximum Gasteiger partial charge on any atom is 0.244 e. The lowest BCUT2D eigenvalue weighted by atomic mass is 10.0. The Bertz CT molecular complexity index is 383. The first kappa shape index (κ1) is 16.5. The maximum absolute atomic E-state index is 12.1. The van der Waals surface area contributed by atoms with Crippen molar-refractivity contribution >= 4 is 11.8 Å². The third-order valence-electron chi connectivity index (χ3n) is 3.84. The molecule has 2 atom stereocenters. The fraction of sp³-hybridized carbons (Fsp3) is 0.800. The Balaban J connectivity index is 2.36. The number of carbonyl (C=O) groups is 2. The van der Waals surface area contributed by atoms with Crippen molar-refractivity contribution in [1.82, 2.24) is 10.2 Å². The van der Waals surface area contributed by atoms with Crippen molar-refractivity contribution in [3.63, 3.8) is 0 Å². The van der Waals surface area contributed by atoms with Gasteiger partial charge >= 0.3 is 0 Å². The Kier molecular flexibility index (Phi) is 6.50. The van der Waals surface area contributed by atoms with Gasteiger partial charge in [-0.25, -0.2) is 0 Å². The number of nitrogens with zero attached hydrogens (tertiary/aromatic N) is 2. The van der Waals surface area contributed by atoms with Crippen LogP contribution in [0.2, 0.25) is 0 Å². The van der Waals surface area contributed by atoms with Crippen molar-refractivity contribution in [2.75, 3.05) is 13.6 Å². The maximum atomic E-state index is 12.1. The van der Waals surface area contributed by atoms with E-state index in [1.807, 2.05) is 0 Å². The summed E-state index contributed by atoms with van der Waals surface area (Å²) in [4.78, 5) is 25.5. The minimum absolute atomic E-state index is 0.0421. The van der Waals surface area contributed by atoms with Crippen LogP contribution in [0.5, 0.6) is 0 Å². The standard InChI is InChI=1S/C15H25N3O2/c1-11(9-16)10-18(3)15(20)12(2)17-14(19)8-13-6-4-5-7-13/h11-13H,4-8,10H2,1-3H3,(H,17,19)/t11-,12+/m1/s1. The summed E-state index contributed by atoms with van der Waals surface area (Å²) >= 11 is 0. The molecule has 0 aromatic carbocycles. The van der Waals surface area contributed by atoms with Crippen LogP contribution < -0.4 is 5.32 Å². The average Bonchev–Trinajstić information content (AvgIpc) is 2.89. The second kappa shape index (κ2) is 7.88. The van der Waals surface area contributed by atoms with Crippen LogP contribution in [0.1, 0.15) is 46.0 Å². The Morgan fingerprint density at radius 1 is 1.35 bits per heavy atom. The highest BCUT2D eigenvalue weighted by Gasteiger charge is 2.23. The largest absolute Gasteiger partial charge is 0.345 e. The van der Waals surface area contributed by atoms with Crippen molar-refractivity contribution in [2.24, 2.45) is 11.8 Å². The Morgan fingerprint density at radius 2 is 1.95 bits per heavy atom. The molecular formula is C15H25N3O2. The molecule has 1 N–H and O–H groups in total. The van der Waals surface area contributed by atoms with E-state index in [4.69, 9.17) is 5.26 Å². The van der Waals surface area contributed by atoms with Crippen LogP contribution in [0, 0.1) is 23.2 Å². The predicted octanol–water partition coefficient (Wildman–Crippen LogP) is 1.69. The van der Waals surface area contributed by atoms with Crippen LogP contribution in [0.4, 0.5) is 0 Å². The topological polar surface area (TPSA) is 73.2 Å². The third kappa shape index (κ3) is 5.20. The van der Waals surface area contributed by atoms with Crippen LogP contribution in [-0.4, -0.2) is 36.3 Å². The molecule has 2 amide bonds. The van der Waals surface area contributed by atoms with Gasteiger partial charge in [0.25, 0.3) is 0 Å². The van der Waals surface area contributed by atoms with Gasteiger partial charge in [-0.05, 0) is 32.6 Å². The van der Waals surface area contributed by atoms with E-state index >= 15 is 0 Å². The van der Waals surface area contributed by atoms with Crippen LogP contribution in [0.15, 0.2) is 0 Å². The van der Waals surface area contributed by atoms with Crippen molar-refractivity contribution < 1.29 is 9.59 Å². The van der Waals surface area contributed by atoms with Gasteiger partial charge in [0.15, 0.2) is 0 Å². The van der Waals surface area contributed by atoms with Gasteiger partial charge in [-0.1, -0.05) is 12.8 Å². The van der Waals surface area contributed by atoms with Crippen molar-refractivity contribution in [1.29, 1.82) is 5.26 Å². The number of hydrogen-bond acceptors (Lipinski definition) is 3. The SMILES string of the molecule is C[C@H](C#N)CN(C)C(=O)[C@H](C)NC(=O)CC1CCCC1. The molecule has 1 fully saturated rings. The number of nitriles is 1. The summed E-state index contributed by atoms with van der Waals surface area (Å²) in [5.74, 6) is 0.0883. The molecule has 0 aliphatic heterocycles. The summed E-state index contributed by atoms with van der Waals surface area (Å²) in [5.41, 5.74) is 0. The quantitative estimate of drug-likeness (QED) is 0.804. The lowest BCUT2D eigenvalue weighted by Gasteiger charge is -2.23. The zero-order chi connectivity index (χ0) is 15.1. The average molecular weight is 279 g/mol. The minimum atomic E-state index is -0.528. The van der Waals surface area contributed by atoms with Gasteiger partial charge in [0.2, 0.25) is 11.8 Å². The number of rotatable bonds is 6. The molecule has 5 heteroatoms. The number of hydrogen-bond donors (Lipinski definition) is 1. The minimum Gasteiger partial charge on any atom is -0.345 e. The van der Waals surface area contributed by atoms with E-state index in [2.05, 4.69) is 11.4 Å². The zero-order valence-corrected chi connectivity index (χ0v) is 12.7. The fourth-order valence-electron chi connectivity index (χ4n) is 2.71. The molecule has 1 aliphatic rings. The van der Waals surface area contributed by atoms with E-state index in [0.29, 0.717) is 18.9 Å². The summed E-state index contributed by atoms with van der Waals surface area (Å²) in [6, 6.07) is 1.57. The monoisotopic (exact) mass is 279 g/mol. The fourth-order valence-corrected chi connectivity index (χ4v) is 2.71. The van der Waals surface area contributed by atoms with Crippen LogP contribution in [0.25, 0.3) is 0 Å². The summed E-state index contributed by atoms with van der Waals surface area (Å²) in [6.45, 7) is 3.85. The molecule has 1 saturated carbocycles. The molecule has 0 spiro atoms. The van der Waals surface area contributed by atoms with Gasteiger partial charge in [0.05, 0.1) is 12.0 Å². The lowest BCUT2D eigenvalue weighted by molar-refractivity contribution is -0.135. The smallest absolute Gasteiger partial charge is 0.244 e. The highest BCUT2D eigenvalue weighted by atomic mass is 16.2. The van der Waals surface area contributed by atoms with Crippen molar-refractivity contribution in [3.8, 4) is 6.07 Å². The molecule has 0 unspecified atom stereocenters. The first-order valence-electron chi connectivity index (χ1n) is 7.38. The molecule has 0 bridgehead atoms. The van der Waals surface area contributed by atoms with E-state index < -0.39 is 6.04 Å². The molecule has 1 aliphatic carbocycles. The Labute approximate surface area is 121 Å². The predicted molar refractivity (Wildman–Crippen MR) is 76.6 cm³/mol. The summed E-state index contributed by atoms with van der Waals surface area (Å²) in [5, 5.41) is 11.5. The van der Waals surface area contributed by atoms with E-state index in [1.54, 1.807) is 20.9 Å². The first-order chi connectivity index (χ1) is 9.43. The van der Waals surface area contributed by atoms with Crippen molar-refractivity contribution in [2.45, 2.75) is 52.0 Å². The van der Waals surface area contributed by atoms with Gasteiger partial charge in [-0.3, -0.25) is 9.59 Å². The first-order valence-corrected chi connectivity index (χ1v) is 7.38. The van der Waals surface area contributed by atoms with Gasteiger partial charge in [-0.2, -0.15) is 5.26 Å². The number of likely N-dealkylation sites (N-methyl/N-ethyl adjacent to an activating group) is 1. The number of nitrogens with one attached hydrogen (secondary N) is 1. The Hall–Kier alpha value is -1.57. The van der Waals surface area contributed by atoms with Gasteiger partial charge in [0.1, 0.15) is 6.04 Å². The van der Waals surface area contributed by atoms with Crippen LogP contribution in [-0.2, 0) is 9.59 Å². The number of amides is 2. The molecule has 0 radical (unpaired) electrons. The number of carbonyl (C=O) groups excluding carboxylic acids is 2. The summed E-state index contributed by atoms with van der Waals surface area (Å²) in [6.07, 6.45) is 5.18. The van der Waals surface area contributed by atoms with E-state index in [-0.39, 0.29) is 17.7 Å². The lowest BCUT2D eigenvalue weighted by Crippen LogP contribution is -2.46. The molecule has 0 aromatic heterocycles. The van der Waals surface area contributed by atoms with Crippen LogP contribution >= 0.6 is 0 Å². The van der Waals surface area contributed by atoms with Gasteiger partial charge < -0.3 is 10.2 Å². The van der Waals surface area contributed by atoms with Crippen molar-refractivity contribution in [3.05, 3.63) is 0 Å². The Morgan fingerprint density at radius 3 is 2.50 bits per heavy atom. The van der Waals surface area contributed by atoms with Crippen LogP contribution in [0.3, 0.4) is 0 Å². The highest BCUT2D eigenvalue weighted by Crippen LogP contribution is 2.27. The van der Waals surface area contributed by atoms with E-state index in [0.717, 1.165) is 12.8 Å². The van der Waals surface area contributed by atoms with E-state index in [9.17, 15) is 9.59 Å². The molecular weight excluding hydrogens is 254 g/mol. The third-order valence-corrected chi connectivity index (χ3v) is 3.84. The molecule has 0 heterocycles. The summed E-state index contributed by atoms with van der Waals surface area (Å²) < 4.78 is 0. The molecule has 5 nitrogen and oxygen atoms in total. The zero-order valence-electron chi connectivity index (χ0n) is 12.7. The van der Waals surface area contributed by atoms with Gasteiger partial charge in [0, 0.05) is 20.0 Å². The second-order valence-corrected chi connectivity index (χ2v) is 5.89. The normalized spacial score (nSPS) is 18.1. The molecule has 112 valence electrons. The second-order valence-electron chi connectivity index (χ2n) is 5.89.